The van der Waals surface area contributed by atoms with Crippen molar-refractivity contribution in [3.8, 4) is 5.75 Å². The lowest BCUT2D eigenvalue weighted by Crippen LogP contribution is -2.08. The molecule has 1 N–H and O–H groups in total. The van der Waals surface area contributed by atoms with Crippen molar-refractivity contribution in [2.24, 2.45) is 7.05 Å². The number of anilines is 1. The lowest BCUT2D eigenvalue weighted by molar-refractivity contribution is 0.407. The number of hydrogen-bond acceptors (Lipinski definition) is 4. The number of rotatable bonds is 6. The number of nitrogens with one attached hydrogen (secondary N) is 1. The molecule has 23 heavy (non-hydrogen) atoms. The summed E-state index contributed by atoms with van der Waals surface area (Å²) in [6.07, 6.45) is 7.52. The molecule has 6 heteroatoms. The second-order valence-electron chi connectivity index (χ2n) is 5.54. The highest BCUT2D eigenvalue weighted by Crippen LogP contribution is 2.26. The van der Waals surface area contributed by atoms with Crippen molar-refractivity contribution in [2.75, 3.05) is 12.4 Å². The molecule has 1 atom stereocenters. The Labute approximate surface area is 135 Å². The van der Waals surface area contributed by atoms with Gasteiger partial charge in [0.2, 0.25) is 0 Å². The smallest absolute Gasteiger partial charge is 0.123 e. The molecule has 120 valence electrons. The van der Waals surface area contributed by atoms with Gasteiger partial charge in [0.1, 0.15) is 5.75 Å². The minimum absolute atomic E-state index is 0.168. The number of aryl methyl sites for hydroxylation is 1. The van der Waals surface area contributed by atoms with E-state index in [9.17, 15) is 0 Å². The molecule has 0 saturated heterocycles. The van der Waals surface area contributed by atoms with E-state index in [2.05, 4.69) is 34.6 Å². The molecule has 3 rings (SSSR count). The van der Waals surface area contributed by atoms with Gasteiger partial charge in [-0.3, -0.25) is 9.36 Å². The highest BCUT2D eigenvalue weighted by atomic mass is 16.5. The Morgan fingerprint density at radius 1 is 1.30 bits per heavy atom. The predicted molar refractivity (Wildman–Crippen MR) is 89.6 cm³/mol. The third-order valence-corrected chi connectivity index (χ3v) is 3.78. The van der Waals surface area contributed by atoms with Crippen LogP contribution in [0.4, 0.5) is 5.69 Å². The largest absolute Gasteiger partial charge is 0.496 e. The number of ether oxygens (including phenoxy) is 1. The predicted octanol–water partition coefficient (Wildman–Crippen LogP) is 2.85. The summed E-state index contributed by atoms with van der Waals surface area (Å²) in [4.78, 5) is 0. The van der Waals surface area contributed by atoms with E-state index in [1.807, 2.05) is 42.5 Å². The molecule has 0 aliphatic carbocycles. The van der Waals surface area contributed by atoms with Gasteiger partial charge in [0.25, 0.3) is 0 Å². The zero-order chi connectivity index (χ0) is 16.2. The summed E-state index contributed by atoms with van der Waals surface area (Å²) in [6.45, 7) is 2.82. The molecule has 0 bridgehead atoms. The van der Waals surface area contributed by atoms with E-state index in [1.54, 1.807) is 18.0 Å². The van der Waals surface area contributed by atoms with Crippen LogP contribution in [0.5, 0.6) is 5.75 Å². The van der Waals surface area contributed by atoms with E-state index >= 15 is 0 Å². The van der Waals surface area contributed by atoms with Gasteiger partial charge < -0.3 is 10.1 Å². The Balaban J connectivity index is 1.81. The molecule has 1 aromatic carbocycles. The van der Waals surface area contributed by atoms with E-state index < -0.39 is 0 Å². The third kappa shape index (κ3) is 3.53. The fourth-order valence-electron chi connectivity index (χ4n) is 2.59. The quantitative estimate of drug-likeness (QED) is 0.760. The van der Waals surface area contributed by atoms with Gasteiger partial charge in [0.15, 0.2) is 0 Å². The van der Waals surface area contributed by atoms with Crippen LogP contribution >= 0.6 is 0 Å². The second-order valence-corrected chi connectivity index (χ2v) is 5.54. The molecule has 0 aliphatic heterocycles. The van der Waals surface area contributed by atoms with Crippen molar-refractivity contribution in [2.45, 2.75) is 19.5 Å². The second kappa shape index (κ2) is 6.56. The molecule has 2 heterocycles. The number of nitrogens with zero attached hydrogens (tertiary/aromatic N) is 4. The van der Waals surface area contributed by atoms with Crippen molar-refractivity contribution in [3.63, 3.8) is 0 Å². The van der Waals surface area contributed by atoms with Gasteiger partial charge in [-0.2, -0.15) is 10.2 Å². The summed E-state index contributed by atoms with van der Waals surface area (Å²) >= 11 is 0. The van der Waals surface area contributed by atoms with Gasteiger partial charge in [-0.25, -0.2) is 0 Å². The van der Waals surface area contributed by atoms with Gasteiger partial charge in [0, 0.05) is 37.2 Å². The van der Waals surface area contributed by atoms with Crippen LogP contribution in [-0.2, 0) is 13.6 Å². The normalized spacial score (nSPS) is 12.1. The maximum atomic E-state index is 5.48. The average Bonchev–Trinajstić information content (AvgIpc) is 3.19. The van der Waals surface area contributed by atoms with Gasteiger partial charge in [-0.1, -0.05) is 6.07 Å². The molecular weight excluding hydrogens is 290 g/mol. The zero-order valence-electron chi connectivity index (χ0n) is 13.6. The monoisotopic (exact) mass is 311 g/mol. The molecule has 0 saturated carbocycles. The Hall–Kier alpha value is -2.76. The summed E-state index contributed by atoms with van der Waals surface area (Å²) in [7, 11) is 3.60. The highest BCUT2D eigenvalue weighted by molar-refractivity contribution is 5.44. The van der Waals surface area contributed by atoms with Crippen molar-refractivity contribution in [1.82, 2.24) is 19.6 Å². The molecular formula is C17H21N5O. The van der Waals surface area contributed by atoms with Crippen LogP contribution in [0.3, 0.4) is 0 Å². The van der Waals surface area contributed by atoms with E-state index in [0.29, 0.717) is 6.54 Å². The van der Waals surface area contributed by atoms with Crippen molar-refractivity contribution >= 4 is 5.69 Å². The van der Waals surface area contributed by atoms with Crippen LogP contribution in [0.25, 0.3) is 0 Å². The molecule has 0 spiro atoms. The molecule has 0 radical (unpaired) electrons. The van der Waals surface area contributed by atoms with E-state index in [-0.39, 0.29) is 6.04 Å². The summed E-state index contributed by atoms with van der Waals surface area (Å²) < 4.78 is 9.15. The molecule has 6 nitrogen and oxygen atoms in total. The third-order valence-electron chi connectivity index (χ3n) is 3.78. The van der Waals surface area contributed by atoms with Crippen LogP contribution in [0.15, 0.2) is 49.1 Å². The first kappa shape index (κ1) is 15.1. The van der Waals surface area contributed by atoms with Crippen molar-refractivity contribution in [3.05, 3.63) is 60.2 Å². The summed E-state index contributed by atoms with van der Waals surface area (Å²) in [6, 6.07) is 8.34. The fourth-order valence-corrected chi connectivity index (χ4v) is 2.59. The number of methoxy groups -OCH3 is 1. The van der Waals surface area contributed by atoms with Gasteiger partial charge >= 0.3 is 0 Å². The molecule has 0 fully saturated rings. The van der Waals surface area contributed by atoms with Crippen LogP contribution < -0.4 is 10.1 Å². The van der Waals surface area contributed by atoms with E-state index in [1.165, 1.54) is 5.56 Å². The summed E-state index contributed by atoms with van der Waals surface area (Å²) in [5.41, 5.74) is 3.30. The Bertz CT molecular complexity index is 763. The standard InChI is InChI=1S/C17H21N5O/c1-13(20-16-10-19-21(2)12-16)14-5-6-17(23-3)15(9-14)11-22-8-4-7-18-22/h4-10,12-13,20H,11H2,1-3H3/t13-/m0/s1. The summed E-state index contributed by atoms with van der Waals surface area (Å²) in [5, 5.41) is 11.9. The Morgan fingerprint density at radius 3 is 2.83 bits per heavy atom. The van der Waals surface area contributed by atoms with Crippen LogP contribution in [0, 0.1) is 0 Å². The van der Waals surface area contributed by atoms with Crippen molar-refractivity contribution in [1.29, 1.82) is 0 Å². The lowest BCUT2D eigenvalue weighted by Gasteiger charge is -2.17. The highest BCUT2D eigenvalue weighted by Gasteiger charge is 2.11. The average molecular weight is 311 g/mol. The first-order chi connectivity index (χ1) is 11.2. The maximum absolute atomic E-state index is 5.48. The number of hydrogen-bond donors (Lipinski definition) is 1. The van der Waals surface area contributed by atoms with Crippen molar-refractivity contribution < 1.29 is 4.74 Å². The fraction of sp³-hybridized carbons (Fsp3) is 0.294. The zero-order valence-corrected chi connectivity index (χ0v) is 13.6. The van der Waals surface area contributed by atoms with Crippen LogP contribution in [0.2, 0.25) is 0 Å². The van der Waals surface area contributed by atoms with Gasteiger partial charge in [-0.15, -0.1) is 0 Å². The molecule has 3 aromatic rings. The van der Waals surface area contributed by atoms with E-state index in [4.69, 9.17) is 4.74 Å². The first-order valence-corrected chi connectivity index (χ1v) is 7.55. The Morgan fingerprint density at radius 2 is 2.17 bits per heavy atom. The molecule has 0 aliphatic rings. The topological polar surface area (TPSA) is 56.9 Å². The minimum Gasteiger partial charge on any atom is -0.496 e. The Kier molecular flexibility index (Phi) is 4.32. The molecule has 2 aromatic heterocycles. The van der Waals surface area contributed by atoms with Gasteiger partial charge in [-0.05, 0) is 30.7 Å². The van der Waals surface area contributed by atoms with Crippen LogP contribution in [0.1, 0.15) is 24.1 Å². The number of benzene rings is 1. The lowest BCUT2D eigenvalue weighted by atomic mass is 10.0. The van der Waals surface area contributed by atoms with E-state index in [0.717, 1.165) is 17.0 Å². The minimum atomic E-state index is 0.168. The maximum Gasteiger partial charge on any atom is 0.123 e. The summed E-state index contributed by atoms with van der Waals surface area (Å²) in [5.74, 6) is 0.873. The van der Waals surface area contributed by atoms with Crippen LogP contribution in [-0.4, -0.2) is 26.7 Å². The number of aromatic nitrogens is 4. The SMILES string of the molecule is COc1ccc([C@H](C)Nc2cnn(C)c2)cc1Cn1cccn1. The van der Waals surface area contributed by atoms with Gasteiger partial charge in [0.05, 0.1) is 25.5 Å². The molecule has 0 unspecified atom stereocenters. The molecule has 0 amide bonds. The first-order valence-electron chi connectivity index (χ1n) is 7.55.